The Hall–Kier alpha value is -1.28. The normalized spacial score (nSPS) is 27.7. The molecule has 3 rings (SSSR count). The van der Waals surface area contributed by atoms with Crippen LogP contribution < -0.4 is 5.32 Å². The van der Waals surface area contributed by atoms with Crippen LogP contribution in [0, 0.1) is 28.1 Å². The molecule has 1 spiro atoms. The first-order valence-corrected chi connectivity index (χ1v) is 8.51. The van der Waals surface area contributed by atoms with E-state index in [1.165, 1.54) is 19.3 Å². The van der Waals surface area contributed by atoms with Crippen molar-refractivity contribution < 1.29 is 9.53 Å². The average Bonchev–Trinajstić information content (AvgIpc) is 2.44. The smallest absolute Gasteiger partial charge is 0.317 e. The molecule has 5 nitrogen and oxygen atoms in total. The van der Waals surface area contributed by atoms with Crippen molar-refractivity contribution in [2.24, 2.45) is 16.7 Å². The van der Waals surface area contributed by atoms with E-state index < -0.39 is 5.41 Å². The van der Waals surface area contributed by atoms with Crippen LogP contribution >= 0.6 is 0 Å². The minimum atomic E-state index is -0.511. The molecule has 0 radical (unpaired) electrons. The lowest BCUT2D eigenvalue weighted by molar-refractivity contribution is -0.137. The van der Waals surface area contributed by atoms with Gasteiger partial charge in [0.25, 0.3) is 0 Å². The standard InChI is InChI=1S/C17H27N3O2/c1-16(2,10-18)11-19-15(21)20-12-17(6-3-7-17)14(20)13-4-8-22-9-5-13/h13-14H,3-9,11-12H2,1-2H3,(H,19,21)/t14-/m0/s1. The van der Waals surface area contributed by atoms with E-state index in [9.17, 15) is 4.79 Å². The molecule has 122 valence electrons. The molecule has 0 unspecified atom stereocenters. The summed E-state index contributed by atoms with van der Waals surface area (Å²) in [5.41, 5.74) is -0.118. The average molecular weight is 305 g/mol. The molecule has 0 bridgehead atoms. The van der Waals surface area contributed by atoms with E-state index >= 15 is 0 Å². The number of ether oxygens (including phenoxy) is 1. The fourth-order valence-corrected chi connectivity index (χ4v) is 4.26. The highest BCUT2D eigenvalue weighted by molar-refractivity contribution is 5.76. The topological polar surface area (TPSA) is 65.4 Å². The zero-order valence-corrected chi connectivity index (χ0v) is 13.7. The molecule has 0 aromatic rings. The van der Waals surface area contributed by atoms with Gasteiger partial charge in [-0.25, -0.2) is 4.79 Å². The van der Waals surface area contributed by atoms with Gasteiger partial charge in [0.15, 0.2) is 0 Å². The second-order valence-corrected chi connectivity index (χ2v) is 7.89. The largest absolute Gasteiger partial charge is 0.381 e. The van der Waals surface area contributed by atoms with Gasteiger partial charge in [0.2, 0.25) is 0 Å². The highest BCUT2D eigenvalue weighted by Gasteiger charge is 2.59. The van der Waals surface area contributed by atoms with E-state index in [0.717, 1.165) is 32.6 Å². The second kappa shape index (κ2) is 5.73. The Morgan fingerprint density at radius 2 is 2.09 bits per heavy atom. The summed E-state index contributed by atoms with van der Waals surface area (Å²) in [6.45, 7) is 6.67. The maximum absolute atomic E-state index is 12.5. The van der Waals surface area contributed by atoms with Crippen LogP contribution in [0.5, 0.6) is 0 Å². The quantitative estimate of drug-likeness (QED) is 0.871. The van der Waals surface area contributed by atoms with Crippen LogP contribution in [0.4, 0.5) is 4.79 Å². The highest BCUT2D eigenvalue weighted by Crippen LogP contribution is 2.56. The molecule has 1 aliphatic carbocycles. The number of amides is 2. The van der Waals surface area contributed by atoms with Gasteiger partial charge in [0, 0.05) is 37.8 Å². The van der Waals surface area contributed by atoms with E-state index in [2.05, 4.69) is 11.4 Å². The number of nitrogens with zero attached hydrogens (tertiary/aromatic N) is 2. The summed E-state index contributed by atoms with van der Waals surface area (Å²) in [5, 5.41) is 12.0. The molecule has 0 aromatic carbocycles. The van der Waals surface area contributed by atoms with Crippen molar-refractivity contribution >= 4 is 6.03 Å². The zero-order chi connectivity index (χ0) is 15.8. The molecule has 2 amide bonds. The van der Waals surface area contributed by atoms with Crippen LogP contribution in [0.2, 0.25) is 0 Å². The Labute approximate surface area is 133 Å². The molecule has 1 N–H and O–H groups in total. The molecule has 1 atom stereocenters. The van der Waals surface area contributed by atoms with Crippen LogP contribution in [0.25, 0.3) is 0 Å². The molecule has 3 fully saturated rings. The third-order valence-electron chi connectivity index (χ3n) is 5.76. The minimum Gasteiger partial charge on any atom is -0.381 e. The number of hydrogen-bond donors (Lipinski definition) is 1. The van der Waals surface area contributed by atoms with E-state index in [1.807, 2.05) is 18.7 Å². The maximum atomic E-state index is 12.5. The molecule has 2 heterocycles. The van der Waals surface area contributed by atoms with Crippen molar-refractivity contribution in [3.05, 3.63) is 0 Å². The van der Waals surface area contributed by atoms with Gasteiger partial charge in [-0.15, -0.1) is 0 Å². The van der Waals surface area contributed by atoms with E-state index in [-0.39, 0.29) is 6.03 Å². The number of nitrogens with one attached hydrogen (secondary N) is 1. The van der Waals surface area contributed by atoms with Gasteiger partial charge in [-0.05, 0) is 45.4 Å². The number of urea groups is 1. The highest BCUT2D eigenvalue weighted by atomic mass is 16.5. The van der Waals surface area contributed by atoms with Gasteiger partial charge in [0.05, 0.1) is 11.5 Å². The molecule has 5 heteroatoms. The molecule has 2 aliphatic heterocycles. The molecule has 3 aliphatic rings. The summed E-state index contributed by atoms with van der Waals surface area (Å²) in [6, 6.07) is 2.63. The second-order valence-electron chi connectivity index (χ2n) is 7.89. The molecule has 2 saturated heterocycles. The molecule has 0 aromatic heterocycles. The van der Waals surface area contributed by atoms with Crippen LogP contribution in [0.15, 0.2) is 0 Å². The van der Waals surface area contributed by atoms with Crippen molar-refractivity contribution in [2.45, 2.75) is 52.0 Å². The molecule has 1 saturated carbocycles. The van der Waals surface area contributed by atoms with Crippen molar-refractivity contribution in [3.63, 3.8) is 0 Å². The van der Waals surface area contributed by atoms with Gasteiger partial charge in [-0.1, -0.05) is 6.42 Å². The van der Waals surface area contributed by atoms with Crippen molar-refractivity contribution in [1.29, 1.82) is 5.26 Å². The van der Waals surface area contributed by atoms with Crippen LogP contribution in [-0.4, -0.2) is 43.3 Å². The predicted octanol–water partition coefficient (Wildman–Crippen LogP) is 2.53. The van der Waals surface area contributed by atoms with Crippen molar-refractivity contribution in [2.75, 3.05) is 26.3 Å². The van der Waals surface area contributed by atoms with Crippen LogP contribution in [0.1, 0.15) is 46.0 Å². The zero-order valence-electron chi connectivity index (χ0n) is 13.7. The van der Waals surface area contributed by atoms with Crippen molar-refractivity contribution in [3.8, 4) is 6.07 Å². The van der Waals surface area contributed by atoms with E-state index in [0.29, 0.717) is 23.9 Å². The first-order chi connectivity index (χ1) is 10.5. The SMILES string of the molecule is CC(C)(C#N)CNC(=O)N1CC2(CCC2)[C@@H]1C1CCOCC1. The Bertz CT molecular complexity index is 473. The summed E-state index contributed by atoms with van der Waals surface area (Å²) in [5.74, 6) is 0.581. The molecular formula is C17H27N3O2. The lowest BCUT2D eigenvalue weighted by atomic mass is 9.54. The summed E-state index contributed by atoms with van der Waals surface area (Å²) < 4.78 is 5.49. The Morgan fingerprint density at radius 3 is 2.64 bits per heavy atom. The number of rotatable bonds is 3. The Morgan fingerprint density at radius 1 is 1.41 bits per heavy atom. The van der Waals surface area contributed by atoms with Gasteiger partial charge in [0.1, 0.15) is 0 Å². The number of carbonyl (C=O) groups is 1. The number of carbonyl (C=O) groups excluding carboxylic acids is 1. The molecular weight excluding hydrogens is 278 g/mol. The van der Waals surface area contributed by atoms with Gasteiger partial charge >= 0.3 is 6.03 Å². The third kappa shape index (κ3) is 2.69. The summed E-state index contributed by atoms with van der Waals surface area (Å²) in [7, 11) is 0. The van der Waals surface area contributed by atoms with E-state index in [1.54, 1.807) is 0 Å². The van der Waals surface area contributed by atoms with Crippen molar-refractivity contribution in [1.82, 2.24) is 10.2 Å². The minimum absolute atomic E-state index is 0.0114. The number of hydrogen-bond acceptors (Lipinski definition) is 3. The lowest BCUT2D eigenvalue weighted by Crippen LogP contribution is -2.73. The monoisotopic (exact) mass is 305 g/mol. The fraction of sp³-hybridized carbons (Fsp3) is 0.882. The first kappa shape index (κ1) is 15.6. The lowest BCUT2D eigenvalue weighted by Gasteiger charge is -2.64. The Kier molecular flexibility index (Phi) is 4.07. The fourth-order valence-electron chi connectivity index (χ4n) is 4.26. The predicted molar refractivity (Wildman–Crippen MR) is 83.1 cm³/mol. The number of likely N-dealkylation sites (tertiary alicyclic amines) is 1. The van der Waals surface area contributed by atoms with Gasteiger partial charge in [-0.2, -0.15) is 5.26 Å². The van der Waals surface area contributed by atoms with E-state index in [4.69, 9.17) is 10.00 Å². The number of nitriles is 1. The summed E-state index contributed by atoms with van der Waals surface area (Å²) in [4.78, 5) is 14.6. The molecule has 22 heavy (non-hydrogen) atoms. The summed E-state index contributed by atoms with van der Waals surface area (Å²) in [6.07, 6.45) is 5.97. The third-order valence-corrected chi connectivity index (χ3v) is 5.76. The summed E-state index contributed by atoms with van der Waals surface area (Å²) >= 11 is 0. The first-order valence-electron chi connectivity index (χ1n) is 8.51. The van der Waals surface area contributed by atoms with Gasteiger partial charge < -0.3 is 15.0 Å². The van der Waals surface area contributed by atoms with Crippen LogP contribution in [-0.2, 0) is 4.74 Å². The maximum Gasteiger partial charge on any atom is 0.317 e. The van der Waals surface area contributed by atoms with Crippen LogP contribution in [0.3, 0.4) is 0 Å². The Balaban J connectivity index is 1.63. The van der Waals surface area contributed by atoms with Gasteiger partial charge in [-0.3, -0.25) is 0 Å².